The predicted octanol–water partition coefficient (Wildman–Crippen LogP) is 2.94. The van der Waals surface area contributed by atoms with Crippen LogP contribution in [0.2, 0.25) is 0 Å². The molecule has 0 aromatic carbocycles. The lowest BCUT2D eigenvalue weighted by atomic mass is 10.1. The van der Waals surface area contributed by atoms with Gasteiger partial charge in [0.2, 0.25) is 0 Å². The number of hydrogen-bond donors (Lipinski definition) is 1. The fourth-order valence-corrected chi connectivity index (χ4v) is 2.54. The van der Waals surface area contributed by atoms with Gasteiger partial charge in [-0.25, -0.2) is 0 Å². The molecule has 1 heterocycles. The van der Waals surface area contributed by atoms with Gasteiger partial charge < -0.3 is 5.32 Å². The quantitative estimate of drug-likeness (QED) is 0.778. The van der Waals surface area contributed by atoms with Gasteiger partial charge in [0.15, 0.2) is 0 Å². The van der Waals surface area contributed by atoms with E-state index in [9.17, 15) is 0 Å². The van der Waals surface area contributed by atoms with E-state index in [1.165, 1.54) is 29.8 Å². The van der Waals surface area contributed by atoms with E-state index >= 15 is 0 Å². The van der Waals surface area contributed by atoms with Crippen molar-refractivity contribution in [3.63, 3.8) is 0 Å². The van der Waals surface area contributed by atoms with Crippen LogP contribution in [-0.4, -0.2) is 16.6 Å². The van der Waals surface area contributed by atoms with E-state index in [1.54, 1.807) is 11.5 Å². The molecular formula is C11H21N3S. The first-order valence-corrected chi connectivity index (χ1v) is 6.59. The van der Waals surface area contributed by atoms with Crippen LogP contribution in [0.5, 0.6) is 0 Å². The minimum Gasteiger partial charge on any atom is -0.312 e. The molecule has 1 atom stereocenters. The molecule has 3 nitrogen and oxygen atoms in total. The Labute approximate surface area is 96.5 Å². The fraction of sp³-hybridized carbons (Fsp3) is 0.818. The average Bonchev–Trinajstić information content (AvgIpc) is 2.68. The number of nitrogens with one attached hydrogen (secondary N) is 1. The van der Waals surface area contributed by atoms with Gasteiger partial charge in [-0.1, -0.05) is 37.6 Å². The maximum atomic E-state index is 4.21. The molecule has 0 aliphatic heterocycles. The number of rotatable bonds is 7. The second-order valence-corrected chi connectivity index (χ2v) is 4.60. The van der Waals surface area contributed by atoms with Gasteiger partial charge in [-0.15, -0.1) is 5.10 Å². The molecule has 4 heteroatoms. The summed E-state index contributed by atoms with van der Waals surface area (Å²) in [5.74, 6) is 0. The third-order valence-electron chi connectivity index (χ3n) is 2.58. The standard InChI is InChI=1S/C11H21N3S/c1-4-6-8-9(12-3)11-10(7-5-2)13-14-15-11/h9,12H,4-8H2,1-3H3. The normalized spacial score (nSPS) is 13.0. The molecule has 0 amide bonds. The van der Waals surface area contributed by atoms with Crippen LogP contribution in [-0.2, 0) is 6.42 Å². The van der Waals surface area contributed by atoms with E-state index in [0.29, 0.717) is 6.04 Å². The Hall–Kier alpha value is -0.480. The summed E-state index contributed by atoms with van der Waals surface area (Å²) in [6, 6.07) is 0.450. The molecule has 0 fully saturated rings. The molecule has 0 radical (unpaired) electrons. The summed E-state index contributed by atoms with van der Waals surface area (Å²) in [5, 5.41) is 7.58. The molecule has 0 aliphatic carbocycles. The first-order chi connectivity index (χ1) is 7.33. The zero-order chi connectivity index (χ0) is 11.1. The maximum Gasteiger partial charge on any atom is 0.0803 e. The lowest BCUT2D eigenvalue weighted by molar-refractivity contribution is 0.525. The molecule has 0 spiro atoms. The Morgan fingerprint density at radius 3 is 2.73 bits per heavy atom. The number of aryl methyl sites for hydroxylation is 1. The van der Waals surface area contributed by atoms with Crippen molar-refractivity contribution in [2.45, 2.75) is 52.0 Å². The largest absolute Gasteiger partial charge is 0.312 e. The van der Waals surface area contributed by atoms with Crippen LogP contribution in [0.4, 0.5) is 0 Å². The maximum absolute atomic E-state index is 4.21. The van der Waals surface area contributed by atoms with E-state index in [0.717, 1.165) is 12.8 Å². The molecule has 1 rings (SSSR count). The minimum absolute atomic E-state index is 0.450. The molecule has 0 saturated carbocycles. The van der Waals surface area contributed by atoms with Crippen LogP contribution < -0.4 is 5.32 Å². The van der Waals surface area contributed by atoms with Gasteiger partial charge in [-0.3, -0.25) is 0 Å². The zero-order valence-corrected chi connectivity index (χ0v) is 10.7. The van der Waals surface area contributed by atoms with Gasteiger partial charge in [0.25, 0.3) is 0 Å². The third-order valence-corrected chi connectivity index (χ3v) is 3.46. The van der Waals surface area contributed by atoms with Gasteiger partial charge in [0.05, 0.1) is 10.6 Å². The molecule has 1 aromatic heterocycles. The van der Waals surface area contributed by atoms with Crippen molar-refractivity contribution in [3.05, 3.63) is 10.6 Å². The van der Waals surface area contributed by atoms with Crippen LogP contribution in [0.25, 0.3) is 0 Å². The number of unbranched alkanes of at least 4 members (excludes halogenated alkanes) is 1. The molecule has 1 aromatic rings. The molecule has 86 valence electrons. The van der Waals surface area contributed by atoms with E-state index < -0.39 is 0 Å². The molecule has 0 aliphatic rings. The van der Waals surface area contributed by atoms with Crippen molar-refractivity contribution < 1.29 is 0 Å². The molecular weight excluding hydrogens is 206 g/mol. The molecule has 1 N–H and O–H groups in total. The van der Waals surface area contributed by atoms with E-state index in [2.05, 4.69) is 28.8 Å². The Balaban J connectivity index is 2.67. The molecule has 0 bridgehead atoms. The van der Waals surface area contributed by atoms with Gasteiger partial charge in [-0.05, 0) is 31.4 Å². The summed E-state index contributed by atoms with van der Waals surface area (Å²) >= 11 is 1.55. The monoisotopic (exact) mass is 227 g/mol. The van der Waals surface area contributed by atoms with Crippen molar-refractivity contribution in [1.29, 1.82) is 0 Å². The van der Waals surface area contributed by atoms with Gasteiger partial charge in [0, 0.05) is 6.04 Å². The van der Waals surface area contributed by atoms with Crippen LogP contribution in [0.15, 0.2) is 0 Å². The summed E-state index contributed by atoms with van der Waals surface area (Å²) in [5.41, 5.74) is 1.19. The van der Waals surface area contributed by atoms with Crippen molar-refractivity contribution in [2.24, 2.45) is 0 Å². The highest BCUT2D eigenvalue weighted by Crippen LogP contribution is 2.25. The number of nitrogens with zero attached hydrogens (tertiary/aromatic N) is 2. The number of hydrogen-bond acceptors (Lipinski definition) is 4. The van der Waals surface area contributed by atoms with E-state index in [1.807, 2.05) is 7.05 Å². The Morgan fingerprint density at radius 2 is 2.13 bits per heavy atom. The first kappa shape index (κ1) is 12.6. The summed E-state index contributed by atoms with van der Waals surface area (Å²) in [6.45, 7) is 4.41. The van der Waals surface area contributed by atoms with Gasteiger partial charge in [0.1, 0.15) is 0 Å². The van der Waals surface area contributed by atoms with Crippen molar-refractivity contribution in [2.75, 3.05) is 7.05 Å². The van der Waals surface area contributed by atoms with E-state index in [-0.39, 0.29) is 0 Å². The minimum atomic E-state index is 0.450. The summed E-state index contributed by atoms with van der Waals surface area (Å²) in [4.78, 5) is 1.34. The molecule has 0 saturated heterocycles. The summed E-state index contributed by atoms with van der Waals surface area (Å²) in [6.07, 6.45) is 5.88. The van der Waals surface area contributed by atoms with Gasteiger partial charge in [-0.2, -0.15) is 0 Å². The predicted molar refractivity (Wildman–Crippen MR) is 65.2 cm³/mol. The lowest BCUT2D eigenvalue weighted by Gasteiger charge is -2.14. The summed E-state index contributed by atoms with van der Waals surface area (Å²) < 4.78 is 4.07. The van der Waals surface area contributed by atoms with Crippen molar-refractivity contribution in [1.82, 2.24) is 14.9 Å². The highest BCUT2D eigenvalue weighted by molar-refractivity contribution is 7.05. The topological polar surface area (TPSA) is 37.8 Å². The number of aromatic nitrogens is 2. The van der Waals surface area contributed by atoms with Gasteiger partial charge >= 0.3 is 0 Å². The first-order valence-electron chi connectivity index (χ1n) is 5.81. The lowest BCUT2D eigenvalue weighted by Crippen LogP contribution is -2.16. The van der Waals surface area contributed by atoms with Crippen LogP contribution in [0.1, 0.15) is 56.1 Å². The average molecular weight is 227 g/mol. The smallest absolute Gasteiger partial charge is 0.0803 e. The van der Waals surface area contributed by atoms with Crippen LogP contribution in [0, 0.1) is 0 Å². The highest BCUT2D eigenvalue weighted by atomic mass is 32.1. The Morgan fingerprint density at radius 1 is 1.33 bits per heavy atom. The fourth-order valence-electron chi connectivity index (χ4n) is 1.71. The van der Waals surface area contributed by atoms with E-state index in [4.69, 9.17) is 0 Å². The Kier molecular flexibility index (Phi) is 5.79. The Bertz CT molecular complexity index is 273. The second kappa shape index (κ2) is 6.90. The van der Waals surface area contributed by atoms with Crippen LogP contribution >= 0.6 is 11.5 Å². The summed E-state index contributed by atoms with van der Waals surface area (Å²) in [7, 11) is 2.02. The van der Waals surface area contributed by atoms with Crippen molar-refractivity contribution >= 4 is 11.5 Å². The second-order valence-electron chi connectivity index (χ2n) is 3.82. The molecule has 15 heavy (non-hydrogen) atoms. The third kappa shape index (κ3) is 3.54. The SMILES string of the molecule is CCCCC(NC)c1snnc1CCC. The highest BCUT2D eigenvalue weighted by Gasteiger charge is 2.16. The van der Waals surface area contributed by atoms with Crippen molar-refractivity contribution in [3.8, 4) is 0 Å². The molecule has 1 unspecified atom stereocenters. The zero-order valence-electron chi connectivity index (χ0n) is 9.92. The van der Waals surface area contributed by atoms with Crippen LogP contribution in [0.3, 0.4) is 0 Å².